The van der Waals surface area contributed by atoms with E-state index < -0.39 is 44.0 Å². The van der Waals surface area contributed by atoms with Gasteiger partial charge in [0.25, 0.3) is 10.0 Å². The molecule has 0 radical (unpaired) electrons. The first-order chi connectivity index (χ1) is 11.2. The number of nitrogens with one attached hydrogen (secondary N) is 1. The Morgan fingerprint density at radius 3 is 2.42 bits per heavy atom. The number of carbonyl (C=O) groups excluding carboxylic acids is 1. The van der Waals surface area contributed by atoms with E-state index in [9.17, 15) is 26.4 Å². The summed E-state index contributed by atoms with van der Waals surface area (Å²) in [6.45, 7) is 0. The molecular formula is C14H9ClF3NO4S. The van der Waals surface area contributed by atoms with E-state index in [0.29, 0.717) is 12.1 Å². The molecule has 0 unspecified atom stereocenters. The lowest BCUT2D eigenvalue weighted by molar-refractivity contribution is 0.0600. The Morgan fingerprint density at radius 2 is 1.79 bits per heavy atom. The first kappa shape index (κ1) is 18.1. The van der Waals surface area contributed by atoms with Gasteiger partial charge in [0.1, 0.15) is 4.90 Å². The molecule has 24 heavy (non-hydrogen) atoms. The lowest BCUT2D eigenvalue weighted by Gasteiger charge is -2.11. The van der Waals surface area contributed by atoms with Crippen LogP contribution in [-0.2, 0) is 14.8 Å². The van der Waals surface area contributed by atoms with Crippen LogP contribution < -0.4 is 4.72 Å². The van der Waals surface area contributed by atoms with Crippen molar-refractivity contribution in [3.8, 4) is 0 Å². The quantitative estimate of drug-likeness (QED) is 0.653. The van der Waals surface area contributed by atoms with Crippen LogP contribution in [0.2, 0.25) is 5.02 Å². The van der Waals surface area contributed by atoms with Gasteiger partial charge in [-0.3, -0.25) is 4.72 Å². The number of halogens is 4. The number of hydrogen-bond donors (Lipinski definition) is 1. The standard InChI is InChI=1S/C14H9ClF3NO4S/c1-23-14(20)7-2-3-8(15)11(6-7)24(21,22)19-10-5-4-9(16)12(17)13(10)18/h2-6,19H,1H3. The van der Waals surface area contributed by atoms with E-state index in [1.54, 1.807) is 4.72 Å². The predicted molar refractivity (Wildman–Crippen MR) is 79.9 cm³/mol. The second kappa shape index (κ2) is 6.70. The first-order valence-corrected chi connectivity index (χ1v) is 8.07. The van der Waals surface area contributed by atoms with Gasteiger partial charge >= 0.3 is 5.97 Å². The van der Waals surface area contributed by atoms with Gasteiger partial charge in [0.05, 0.1) is 23.4 Å². The SMILES string of the molecule is COC(=O)c1ccc(Cl)c(S(=O)(=O)Nc2ccc(F)c(F)c2F)c1. The third-order valence-corrected chi connectivity index (χ3v) is 4.77. The average molecular weight is 380 g/mol. The number of hydrogen-bond acceptors (Lipinski definition) is 4. The summed E-state index contributed by atoms with van der Waals surface area (Å²) in [6.07, 6.45) is 0. The summed E-state index contributed by atoms with van der Waals surface area (Å²) < 4.78 is 70.5. The van der Waals surface area contributed by atoms with Crippen molar-refractivity contribution in [1.82, 2.24) is 0 Å². The topological polar surface area (TPSA) is 72.5 Å². The molecule has 0 bridgehead atoms. The molecule has 0 spiro atoms. The third kappa shape index (κ3) is 3.46. The second-order valence-electron chi connectivity index (χ2n) is 4.47. The second-order valence-corrected chi connectivity index (χ2v) is 6.52. The molecule has 0 aromatic heterocycles. The van der Waals surface area contributed by atoms with Crippen LogP contribution in [0, 0.1) is 17.5 Å². The lowest BCUT2D eigenvalue weighted by Crippen LogP contribution is -2.16. The van der Waals surface area contributed by atoms with E-state index in [1.807, 2.05) is 0 Å². The first-order valence-electron chi connectivity index (χ1n) is 6.21. The van der Waals surface area contributed by atoms with E-state index in [0.717, 1.165) is 19.2 Å². The van der Waals surface area contributed by atoms with Gasteiger partial charge in [-0.1, -0.05) is 11.6 Å². The Morgan fingerprint density at radius 1 is 1.12 bits per heavy atom. The van der Waals surface area contributed by atoms with Crippen LogP contribution in [0.15, 0.2) is 35.2 Å². The smallest absolute Gasteiger partial charge is 0.337 e. The van der Waals surface area contributed by atoms with Crippen LogP contribution in [0.5, 0.6) is 0 Å². The van der Waals surface area contributed by atoms with Gasteiger partial charge in [0, 0.05) is 0 Å². The molecule has 128 valence electrons. The maximum Gasteiger partial charge on any atom is 0.337 e. The maximum absolute atomic E-state index is 13.6. The highest BCUT2D eigenvalue weighted by atomic mass is 35.5. The molecule has 0 saturated carbocycles. The predicted octanol–water partition coefficient (Wildman–Crippen LogP) is 3.34. The summed E-state index contributed by atoms with van der Waals surface area (Å²) in [4.78, 5) is 10.9. The molecule has 0 amide bonds. The Kier molecular flexibility index (Phi) is 5.05. The molecule has 2 aromatic carbocycles. The number of carbonyl (C=O) groups is 1. The monoisotopic (exact) mass is 379 g/mol. The van der Waals surface area contributed by atoms with Crippen molar-refractivity contribution in [2.75, 3.05) is 11.8 Å². The molecule has 0 atom stereocenters. The zero-order valence-corrected chi connectivity index (χ0v) is 13.5. The minimum atomic E-state index is -4.48. The summed E-state index contributed by atoms with van der Waals surface area (Å²) >= 11 is 5.79. The number of methoxy groups -OCH3 is 1. The fourth-order valence-electron chi connectivity index (χ4n) is 1.76. The zero-order valence-electron chi connectivity index (χ0n) is 11.9. The van der Waals surface area contributed by atoms with Gasteiger partial charge in [-0.15, -0.1) is 0 Å². The average Bonchev–Trinajstić information content (AvgIpc) is 2.55. The van der Waals surface area contributed by atoms with E-state index in [-0.39, 0.29) is 10.6 Å². The minimum absolute atomic E-state index is 0.118. The van der Waals surface area contributed by atoms with Crippen molar-refractivity contribution >= 4 is 33.3 Å². The van der Waals surface area contributed by atoms with Crippen LogP contribution in [0.25, 0.3) is 0 Å². The van der Waals surface area contributed by atoms with Gasteiger partial charge < -0.3 is 4.74 Å². The molecule has 0 aliphatic rings. The van der Waals surface area contributed by atoms with Crippen LogP contribution >= 0.6 is 11.6 Å². The Labute approximate surface area is 140 Å². The zero-order chi connectivity index (χ0) is 18.1. The van der Waals surface area contributed by atoms with Crippen molar-refractivity contribution in [3.63, 3.8) is 0 Å². The molecule has 5 nitrogen and oxygen atoms in total. The number of anilines is 1. The highest BCUT2D eigenvalue weighted by Gasteiger charge is 2.23. The number of esters is 1. The van der Waals surface area contributed by atoms with Crippen molar-refractivity contribution in [2.24, 2.45) is 0 Å². The largest absolute Gasteiger partial charge is 0.465 e. The highest BCUT2D eigenvalue weighted by molar-refractivity contribution is 7.92. The molecule has 10 heteroatoms. The molecule has 0 saturated heterocycles. The van der Waals surface area contributed by atoms with Crippen LogP contribution in [-0.4, -0.2) is 21.5 Å². The summed E-state index contributed by atoms with van der Waals surface area (Å²) in [5.41, 5.74) is -0.929. The summed E-state index contributed by atoms with van der Waals surface area (Å²) in [5.74, 6) is -5.83. The van der Waals surface area contributed by atoms with E-state index in [4.69, 9.17) is 11.6 Å². The number of ether oxygens (including phenoxy) is 1. The summed E-state index contributed by atoms with van der Waals surface area (Å²) in [7, 11) is -3.38. The van der Waals surface area contributed by atoms with Gasteiger partial charge in [0.15, 0.2) is 17.5 Å². The number of rotatable bonds is 4. The third-order valence-electron chi connectivity index (χ3n) is 2.92. The number of sulfonamides is 1. The van der Waals surface area contributed by atoms with Crippen LogP contribution in [0.3, 0.4) is 0 Å². The van der Waals surface area contributed by atoms with Crippen LogP contribution in [0.1, 0.15) is 10.4 Å². The van der Waals surface area contributed by atoms with Gasteiger partial charge in [0.2, 0.25) is 0 Å². The fourth-order valence-corrected chi connectivity index (χ4v) is 3.34. The minimum Gasteiger partial charge on any atom is -0.465 e. The van der Waals surface area contributed by atoms with Crippen molar-refractivity contribution in [1.29, 1.82) is 0 Å². The van der Waals surface area contributed by atoms with E-state index >= 15 is 0 Å². The van der Waals surface area contributed by atoms with Crippen molar-refractivity contribution < 1.29 is 31.1 Å². The molecule has 0 aliphatic heterocycles. The van der Waals surface area contributed by atoms with Crippen molar-refractivity contribution in [2.45, 2.75) is 4.90 Å². The molecule has 1 N–H and O–H groups in total. The normalized spacial score (nSPS) is 11.2. The number of benzene rings is 2. The fraction of sp³-hybridized carbons (Fsp3) is 0.0714. The Balaban J connectivity index is 2.48. The molecular weight excluding hydrogens is 371 g/mol. The van der Waals surface area contributed by atoms with Gasteiger partial charge in [-0.05, 0) is 30.3 Å². The van der Waals surface area contributed by atoms with E-state index in [2.05, 4.69) is 4.74 Å². The van der Waals surface area contributed by atoms with E-state index in [1.165, 1.54) is 6.07 Å². The highest BCUT2D eigenvalue weighted by Crippen LogP contribution is 2.27. The van der Waals surface area contributed by atoms with Crippen LogP contribution in [0.4, 0.5) is 18.9 Å². The van der Waals surface area contributed by atoms with Gasteiger partial charge in [-0.2, -0.15) is 0 Å². The molecule has 0 fully saturated rings. The molecule has 0 aliphatic carbocycles. The lowest BCUT2D eigenvalue weighted by atomic mass is 10.2. The molecule has 0 heterocycles. The Hall–Kier alpha value is -2.26. The van der Waals surface area contributed by atoms with Crippen molar-refractivity contribution in [3.05, 3.63) is 58.4 Å². The summed E-state index contributed by atoms with van der Waals surface area (Å²) in [6, 6.07) is 4.54. The summed E-state index contributed by atoms with van der Waals surface area (Å²) in [5, 5.41) is -0.266. The van der Waals surface area contributed by atoms with Gasteiger partial charge in [-0.25, -0.2) is 26.4 Å². The molecule has 2 aromatic rings. The molecule has 2 rings (SSSR count). The maximum atomic E-state index is 13.6. The Bertz CT molecular complexity index is 918.